The molecule has 0 N–H and O–H groups in total. The number of nitrogens with zero attached hydrogens (tertiary/aromatic N) is 2. The number of amides is 2. The molecule has 0 radical (unpaired) electrons. The summed E-state index contributed by atoms with van der Waals surface area (Å²) in [5.41, 5.74) is 2.10. The summed E-state index contributed by atoms with van der Waals surface area (Å²) >= 11 is 0. The van der Waals surface area contributed by atoms with Crippen LogP contribution in [0, 0.1) is 13.8 Å². The van der Waals surface area contributed by atoms with Crippen LogP contribution in [0.3, 0.4) is 0 Å². The van der Waals surface area contributed by atoms with Gasteiger partial charge in [0.05, 0.1) is 37.7 Å². The van der Waals surface area contributed by atoms with Crippen molar-refractivity contribution in [2.45, 2.75) is 18.7 Å². The number of ether oxygens (including phenoxy) is 2. The Hall–Kier alpha value is -3.85. The number of carbonyl (C=O) groups excluding carboxylic acids is 2. The molecule has 3 aromatic rings. The average molecular weight is 481 g/mol. The van der Waals surface area contributed by atoms with Gasteiger partial charge >= 0.3 is 6.03 Å². The van der Waals surface area contributed by atoms with Crippen molar-refractivity contribution in [2.75, 3.05) is 30.0 Å². The van der Waals surface area contributed by atoms with Crippen LogP contribution < -0.4 is 18.7 Å². The quantitative estimate of drug-likeness (QED) is 0.488. The molecule has 0 fully saturated rings. The van der Waals surface area contributed by atoms with Crippen molar-refractivity contribution < 1.29 is 27.5 Å². The fourth-order valence-electron chi connectivity index (χ4n) is 3.91. The highest BCUT2D eigenvalue weighted by Crippen LogP contribution is 2.39. The molecular formula is C25H24N2O6S. The first-order chi connectivity index (χ1) is 16.2. The molecule has 1 aliphatic heterocycles. The lowest BCUT2D eigenvalue weighted by Gasteiger charge is -2.36. The molecule has 9 heteroatoms. The molecule has 0 bridgehead atoms. The van der Waals surface area contributed by atoms with Gasteiger partial charge in [-0.3, -0.25) is 9.69 Å². The zero-order chi connectivity index (χ0) is 24.6. The lowest BCUT2D eigenvalue weighted by Crippen LogP contribution is -2.52. The summed E-state index contributed by atoms with van der Waals surface area (Å²) in [5, 5.41) is 0. The standard InChI is InChI=1S/C25H24N2O6S/c1-16-8-7-10-20(17(16)2)27-25(29)26(21-9-5-6-11-24(21)34(27,30)31)15-22(28)19-14-18(32-3)12-13-23(19)33-4/h5-14H,15H2,1-4H3. The van der Waals surface area contributed by atoms with Crippen molar-refractivity contribution in [1.29, 1.82) is 0 Å². The normalized spacial score (nSPS) is 14.5. The van der Waals surface area contributed by atoms with E-state index in [4.69, 9.17) is 9.47 Å². The number of methoxy groups -OCH3 is 2. The van der Waals surface area contributed by atoms with E-state index in [0.717, 1.165) is 9.87 Å². The molecular weight excluding hydrogens is 456 g/mol. The molecule has 0 aliphatic carbocycles. The second-order valence-corrected chi connectivity index (χ2v) is 9.57. The fourth-order valence-corrected chi connectivity index (χ4v) is 5.56. The number of benzene rings is 3. The Bertz CT molecular complexity index is 1400. The Morgan fingerprint density at radius 2 is 1.62 bits per heavy atom. The first-order valence-corrected chi connectivity index (χ1v) is 11.9. The van der Waals surface area contributed by atoms with Crippen molar-refractivity contribution in [1.82, 2.24) is 0 Å². The number of anilines is 2. The Morgan fingerprint density at radius 3 is 2.32 bits per heavy atom. The number of rotatable bonds is 6. The van der Waals surface area contributed by atoms with Crippen molar-refractivity contribution in [3.8, 4) is 11.5 Å². The zero-order valence-electron chi connectivity index (χ0n) is 19.2. The van der Waals surface area contributed by atoms with Crippen LogP contribution in [0.1, 0.15) is 21.5 Å². The van der Waals surface area contributed by atoms with Gasteiger partial charge in [0.2, 0.25) is 0 Å². The predicted octanol–water partition coefficient (Wildman–Crippen LogP) is 4.34. The summed E-state index contributed by atoms with van der Waals surface area (Å²) in [6, 6.07) is 15.2. The number of para-hydroxylation sites is 1. The van der Waals surface area contributed by atoms with Crippen molar-refractivity contribution in [3.05, 3.63) is 77.4 Å². The Morgan fingerprint density at radius 1 is 0.912 bits per heavy atom. The van der Waals surface area contributed by atoms with Gasteiger partial charge in [0.1, 0.15) is 16.4 Å². The van der Waals surface area contributed by atoms with E-state index < -0.39 is 28.4 Å². The van der Waals surface area contributed by atoms with E-state index in [1.165, 1.54) is 37.3 Å². The van der Waals surface area contributed by atoms with Gasteiger partial charge in [0.15, 0.2) is 5.78 Å². The third-order valence-electron chi connectivity index (χ3n) is 5.88. The molecule has 8 nitrogen and oxygen atoms in total. The third kappa shape index (κ3) is 3.77. The Balaban J connectivity index is 1.84. The Kier molecular flexibility index (Phi) is 6.05. The molecule has 0 aromatic heterocycles. The van der Waals surface area contributed by atoms with Gasteiger partial charge < -0.3 is 9.47 Å². The van der Waals surface area contributed by atoms with E-state index in [0.29, 0.717) is 17.1 Å². The largest absolute Gasteiger partial charge is 0.497 e. The highest BCUT2D eigenvalue weighted by molar-refractivity contribution is 7.94. The van der Waals surface area contributed by atoms with Crippen LogP contribution in [0.2, 0.25) is 0 Å². The van der Waals surface area contributed by atoms with Crippen molar-refractivity contribution in [2.24, 2.45) is 0 Å². The first-order valence-electron chi connectivity index (χ1n) is 10.5. The van der Waals surface area contributed by atoms with Crippen LogP contribution in [0.15, 0.2) is 65.6 Å². The van der Waals surface area contributed by atoms with Gasteiger partial charge in [-0.15, -0.1) is 0 Å². The second-order valence-electron chi connectivity index (χ2n) is 7.81. The predicted molar refractivity (Wildman–Crippen MR) is 129 cm³/mol. The zero-order valence-corrected chi connectivity index (χ0v) is 20.0. The van der Waals surface area contributed by atoms with E-state index in [2.05, 4.69) is 0 Å². The van der Waals surface area contributed by atoms with E-state index in [-0.39, 0.29) is 21.8 Å². The number of fused-ring (bicyclic) bond motifs is 1. The monoisotopic (exact) mass is 480 g/mol. The number of carbonyl (C=O) groups is 2. The molecule has 0 atom stereocenters. The van der Waals surface area contributed by atoms with E-state index >= 15 is 0 Å². The van der Waals surface area contributed by atoms with Gasteiger partial charge in [0, 0.05) is 0 Å². The summed E-state index contributed by atoms with van der Waals surface area (Å²) in [4.78, 5) is 28.1. The maximum Gasteiger partial charge on any atom is 0.343 e. The Labute approximate surface area is 198 Å². The van der Waals surface area contributed by atoms with Gasteiger partial charge in [-0.2, -0.15) is 4.31 Å². The fraction of sp³-hybridized carbons (Fsp3) is 0.200. The molecule has 34 heavy (non-hydrogen) atoms. The van der Waals surface area contributed by atoms with E-state index in [9.17, 15) is 18.0 Å². The summed E-state index contributed by atoms with van der Waals surface area (Å²) in [5.74, 6) is 0.343. The summed E-state index contributed by atoms with van der Waals surface area (Å²) in [6.45, 7) is 3.20. The van der Waals surface area contributed by atoms with Crippen molar-refractivity contribution in [3.63, 3.8) is 0 Å². The number of sulfonamides is 1. The molecule has 0 saturated carbocycles. The molecule has 4 rings (SSSR count). The lowest BCUT2D eigenvalue weighted by atomic mass is 10.1. The number of hydrogen-bond acceptors (Lipinski definition) is 6. The minimum absolute atomic E-state index is 0.0547. The summed E-state index contributed by atoms with van der Waals surface area (Å²) < 4.78 is 38.4. The highest BCUT2D eigenvalue weighted by Gasteiger charge is 2.43. The van der Waals surface area contributed by atoms with Gasteiger partial charge in [-0.1, -0.05) is 24.3 Å². The highest BCUT2D eigenvalue weighted by atomic mass is 32.2. The van der Waals surface area contributed by atoms with E-state index in [1.54, 1.807) is 43.3 Å². The summed E-state index contributed by atoms with van der Waals surface area (Å²) in [7, 11) is -1.28. The van der Waals surface area contributed by atoms with Crippen LogP contribution in [0.5, 0.6) is 11.5 Å². The SMILES string of the molecule is COc1ccc(OC)c(C(=O)CN2C(=O)N(c3cccc(C)c3C)S(=O)(=O)c3ccccc32)c1. The number of aryl methyl sites for hydroxylation is 1. The molecule has 0 unspecified atom stereocenters. The molecule has 2 amide bonds. The van der Waals surface area contributed by atoms with Crippen LogP contribution in [-0.4, -0.2) is 41.0 Å². The topological polar surface area (TPSA) is 93.2 Å². The van der Waals surface area contributed by atoms with Crippen LogP contribution in [-0.2, 0) is 10.0 Å². The smallest absolute Gasteiger partial charge is 0.343 e. The molecule has 1 aliphatic rings. The third-order valence-corrected chi connectivity index (χ3v) is 7.62. The molecule has 1 heterocycles. The average Bonchev–Trinajstić information content (AvgIpc) is 2.83. The maximum absolute atomic E-state index is 13.7. The molecule has 0 spiro atoms. The minimum Gasteiger partial charge on any atom is -0.497 e. The number of ketones is 1. The summed E-state index contributed by atoms with van der Waals surface area (Å²) in [6.07, 6.45) is 0. The molecule has 3 aromatic carbocycles. The second kappa shape index (κ2) is 8.83. The first kappa shape index (κ1) is 23.3. The van der Waals surface area contributed by atoms with Gasteiger partial charge in [-0.05, 0) is 61.4 Å². The van der Waals surface area contributed by atoms with Gasteiger partial charge in [-0.25, -0.2) is 13.2 Å². The maximum atomic E-state index is 13.7. The van der Waals surface area contributed by atoms with Crippen LogP contribution in [0.25, 0.3) is 0 Å². The van der Waals surface area contributed by atoms with Gasteiger partial charge in [0.25, 0.3) is 10.0 Å². The molecule has 176 valence electrons. The molecule has 0 saturated heterocycles. The lowest BCUT2D eigenvalue weighted by molar-refractivity contribution is 0.0996. The van der Waals surface area contributed by atoms with Crippen LogP contribution >= 0.6 is 0 Å². The number of hydrogen-bond donors (Lipinski definition) is 0. The number of Topliss-reactive ketones (excluding diaryl/α,β-unsaturated/α-hetero) is 1. The van der Waals surface area contributed by atoms with E-state index in [1.807, 2.05) is 13.0 Å². The van der Waals surface area contributed by atoms with Crippen molar-refractivity contribution >= 4 is 33.2 Å². The van der Waals surface area contributed by atoms with Crippen LogP contribution in [0.4, 0.5) is 16.2 Å². The number of urea groups is 1. The minimum atomic E-state index is -4.20.